The molecule has 1 aromatic carbocycles. The highest BCUT2D eigenvalue weighted by Gasteiger charge is 2.40. The average molecular weight is 399 g/mol. The van der Waals surface area contributed by atoms with Crippen LogP contribution >= 0.6 is 0 Å². The second kappa shape index (κ2) is 8.27. The van der Waals surface area contributed by atoms with Gasteiger partial charge in [0.15, 0.2) is 0 Å². The molecule has 1 amide bonds. The van der Waals surface area contributed by atoms with Crippen LogP contribution in [0.4, 0.5) is 10.5 Å². The largest absolute Gasteiger partial charge is 0.461 e. The van der Waals surface area contributed by atoms with Crippen LogP contribution in [0.3, 0.4) is 0 Å². The minimum absolute atomic E-state index is 0.0202. The second-order valence-corrected chi connectivity index (χ2v) is 7.95. The summed E-state index contributed by atoms with van der Waals surface area (Å²) in [7, 11) is 0. The summed E-state index contributed by atoms with van der Waals surface area (Å²) in [5.41, 5.74) is 0.806. The lowest BCUT2D eigenvalue weighted by Gasteiger charge is -2.20. The first kappa shape index (κ1) is 19.5. The SMILES string of the molecule is CCOC(=O)Nc1ccc2c(COC(=O)C[C@H]3C[C@H]4CC[C@@H]3C4)cc(=O)oc2c1. The molecule has 154 valence electrons. The van der Waals surface area contributed by atoms with Crippen LogP contribution in [0.25, 0.3) is 11.0 Å². The number of amides is 1. The van der Waals surface area contributed by atoms with Crippen molar-refractivity contribution in [3.05, 3.63) is 40.2 Å². The van der Waals surface area contributed by atoms with Crippen LogP contribution in [-0.2, 0) is 20.9 Å². The fourth-order valence-electron chi connectivity index (χ4n) is 4.77. The Hall–Kier alpha value is -2.83. The van der Waals surface area contributed by atoms with Gasteiger partial charge in [-0.3, -0.25) is 10.1 Å². The zero-order valence-electron chi connectivity index (χ0n) is 16.4. The third kappa shape index (κ3) is 4.44. The normalized spacial score (nSPS) is 22.6. The van der Waals surface area contributed by atoms with Crippen LogP contribution in [0.15, 0.2) is 33.5 Å². The van der Waals surface area contributed by atoms with Crippen molar-refractivity contribution in [3.63, 3.8) is 0 Å². The number of hydrogen-bond acceptors (Lipinski definition) is 6. The summed E-state index contributed by atoms with van der Waals surface area (Å²) in [4.78, 5) is 35.8. The molecule has 0 radical (unpaired) electrons. The molecule has 2 bridgehead atoms. The Labute approximate surface area is 168 Å². The van der Waals surface area contributed by atoms with Gasteiger partial charge in [0.1, 0.15) is 12.2 Å². The fourth-order valence-corrected chi connectivity index (χ4v) is 4.77. The summed E-state index contributed by atoms with van der Waals surface area (Å²) in [6.07, 6.45) is 4.79. The van der Waals surface area contributed by atoms with E-state index in [1.807, 2.05) is 0 Å². The number of rotatable bonds is 6. The number of carbonyl (C=O) groups excluding carboxylic acids is 2. The zero-order valence-corrected chi connectivity index (χ0v) is 16.4. The smallest absolute Gasteiger partial charge is 0.411 e. The van der Waals surface area contributed by atoms with Gasteiger partial charge in [0.05, 0.1) is 6.61 Å². The predicted molar refractivity (Wildman–Crippen MR) is 106 cm³/mol. The first-order valence-corrected chi connectivity index (χ1v) is 10.2. The summed E-state index contributed by atoms with van der Waals surface area (Å²) in [6.45, 7) is 1.99. The van der Waals surface area contributed by atoms with Gasteiger partial charge >= 0.3 is 17.7 Å². The highest BCUT2D eigenvalue weighted by Crippen LogP contribution is 2.49. The summed E-state index contributed by atoms with van der Waals surface area (Å²) < 4.78 is 15.6. The zero-order chi connectivity index (χ0) is 20.4. The van der Waals surface area contributed by atoms with E-state index in [1.165, 1.54) is 25.3 Å². The van der Waals surface area contributed by atoms with Crippen molar-refractivity contribution in [1.82, 2.24) is 0 Å². The molecule has 2 saturated carbocycles. The van der Waals surface area contributed by atoms with Gasteiger partial charge in [-0.1, -0.05) is 6.42 Å². The van der Waals surface area contributed by atoms with E-state index in [2.05, 4.69) is 5.32 Å². The minimum Gasteiger partial charge on any atom is -0.461 e. The van der Waals surface area contributed by atoms with Crippen LogP contribution in [0.1, 0.15) is 44.6 Å². The molecule has 0 saturated heterocycles. The van der Waals surface area contributed by atoms with Crippen molar-refractivity contribution in [2.24, 2.45) is 17.8 Å². The summed E-state index contributed by atoms with van der Waals surface area (Å²) >= 11 is 0. The van der Waals surface area contributed by atoms with Gasteiger partial charge in [-0.25, -0.2) is 9.59 Å². The highest BCUT2D eigenvalue weighted by molar-refractivity contribution is 5.90. The lowest BCUT2D eigenvalue weighted by atomic mass is 9.86. The number of benzene rings is 1. The van der Waals surface area contributed by atoms with Crippen LogP contribution in [0, 0.1) is 17.8 Å². The number of carbonyl (C=O) groups is 2. The number of nitrogens with one attached hydrogen (secondary N) is 1. The lowest BCUT2D eigenvalue weighted by molar-refractivity contribution is -0.146. The molecule has 1 heterocycles. The van der Waals surface area contributed by atoms with Crippen molar-refractivity contribution < 1.29 is 23.5 Å². The van der Waals surface area contributed by atoms with Crippen LogP contribution in [0.2, 0.25) is 0 Å². The molecule has 2 aliphatic rings. The Bertz CT molecular complexity index is 981. The van der Waals surface area contributed by atoms with Crippen molar-refractivity contribution in [2.45, 2.75) is 45.6 Å². The number of anilines is 1. The van der Waals surface area contributed by atoms with E-state index in [1.54, 1.807) is 25.1 Å². The first-order chi connectivity index (χ1) is 14.0. The van der Waals surface area contributed by atoms with Crippen molar-refractivity contribution in [1.29, 1.82) is 0 Å². The second-order valence-electron chi connectivity index (χ2n) is 7.95. The van der Waals surface area contributed by atoms with Crippen LogP contribution < -0.4 is 10.9 Å². The van der Waals surface area contributed by atoms with E-state index < -0.39 is 11.7 Å². The molecule has 1 N–H and O–H groups in total. The molecule has 0 aliphatic heterocycles. The van der Waals surface area contributed by atoms with E-state index in [-0.39, 0.29) is 19.2 Å². The van der Waals surface area contributed by atoms with Crippen molar-refractivity contribution in [2.75, 3.05) is 11.9 Å². The predicted octanol–water partition coefficient (Wildman–Crippen LogP) is 4.23. The molecular weight excluding hydrogens is 374 g/mol. The molecule has 4 rings (SSSR count). The Balaban J connectivity index is 1.43. The van der Waals surface area contributed by atoms with Crippen LogP contribution in [0.5, 0.6) is 0 Å². The average Bonchev–Trinajstić information content (AvgIpc) is 3.29. The molecule has 2 aliphatic carbocycles. The van der Waals surface area contributed by atoms with Crippen molar-refractivity contribution in [3.8, 4) is 0 Å². The molecule has 3 atom stereocenters. The minimum atomic E-state index is -0.583. The van der Waals surface area contributed by atoms with Gasteiger partial charge in [-0.05, 0) is 56.1 Å². The van der Waals surface area contributed by atoms with E-state index in [0.29, 0.717) is 40.5 Å². The third-order valence-electron chi connectivity index (χ3n) is 6.05. The van der Waals surface area contributed by atoms with E-state index >= 15 is 0 Å². The topological polar surface area (TPSA) is 94.8 Å². The molecule has 7 nitrogen and oxygen atoms in total. The highest BCUT2D eigenvalue weighted by atomic mass is 16.5. The number of fused-ring (bicyclic) bond motifs is 3. The summed E-state index contributed by atoms with van der Waals surface area (Å²) in [5.74, 6) is 1.68. The van der Waals surface area contributed by atoms with Crippen LogP contribution in [-0.4, -0.2) is 18.7 Å². The number of esters is 1. The van der Waals surface area contributed by atoms with Gasteiger partial charge < -0.3 is 13.9 Å². The lowest BCUT2D eigenvalue weighted by Crippen LogP contribution is -2.17. The van der Waals surface area contributed by atoms with Gasteiger partial charge in [0.2, 0.25) is 0 Å². The van der Waals surface area contributed by atoms with E-state index in [4.69, 9.17) is 13.9 Å². The molecule has 0 spiro atoms. The Morgan fingerprint density at radius 1 is 1.17 bits per heavy atom. The quantitative estimate of drug-likeness (QED) is 0.577. The standard InChI is InChI=1S/C22H25NO6/c1-2-27-22(26)23-17-5-6-18-16(10-21(25)29-19(18)11-17)12-28-20(24)9-15-8-13-3-4-14(15)7-13/h5-6,10-11,13-15H,2-4,7-9,12H2,1H3,(H,23,26)/t13-,14+,15+/m0/s1. The molecule has 1 aromatic heterocycles. The maximum Gasteiger partial charge on any atom is 0.411 e. The molecule has 2 fully saturated rings. The Morgan fingerprint density at radius 3 is 2.76 bits per heavy atom. The van der Waals surface area contributed by atoms with Gasteiger partial charge in [-0.2, -0.15) is 0 Å². The third-order valence-corrected chi connectivity index (χ3v) is 6.05. The molecule has 0 unspecified atom stereocenters. The fraction of sp³-hybridized carbons (Fsp3) is 0.500. The van der Waals surface area contributed by atoms with Gasteiger partial charge in [0.25, 0.3) is 0 Å². The Morgan fingerprint density at radius 2 is 2.03 bits per heavy atom. The maximum atomic E-state index is 12.3. The first-order valence-electron chi connectivity index (χ1n) is 10.2. The molecule has 29 heavy (non-hydrogen) atoms. The number of ether oxygens (including phenoxy) is 2. The Kier molecular flexibility index (Phi) is 5.56. The van der Waals surface area contributed by atoms with E-state index in [0.717, 1.165) is 12.3 Å². The maximum absolute atomic E-state index is 12.3. The monoisotopic (exact) mass is 399 g/mol. The number of hydrogen-bond donors (Lipinski definition) is 1. The molecule has 2 aromatic rings. The summed E-state index contributed by atoms with van der Waals surface area (Å²) in [5, 5.41) is 3.23. The van der Waals surface area contributed by atoms with Gasteiger partial charge in [-0.15, -0.1) is 0 Å². The van der Waals surface area contributed by atoms with Crippen molar-refractivity contribution >= 4 is 28.7 Å². The van der Waals surface area contributed by atoms with E-state index in [9.17, 15) is 14.4 Å². The molecule has 7 heteroatoms. The van der Waals surface area contributed by atoms with Gasteiger partial charge in [0, 0.05) is 35.2 Å². The molecular formula is C22H25NO6. The summed E-state index contributed by atoms with van der Waals surface area (Å²) in [6, 6.07) is 6.29.